The standard InChI is InChI=1S/C19H19ClIN5O2S2/c1-29-5-4-13(16(22)27)24-17(28)14-7-11-15(25-19(23)26-18(11)30-14)10-3-2-9(8-21)6-12(10)20/h2-3,6-7,13H,4-5,8H2,1H3,(H2,22,27)(H,24,28)(H2,23,25,26). The van der Waals surface area contributed by atoms with E-state index in [1.807, 2.05) is 24.5 Å². The number of nitrogens with zero attached hydrogens (tertiary/aromatic N) is 2. The van der Waals surface area contributed by atoms with Crippen LogP contribution in [-0.2, 0) is 9.22 Å². The molecule has 2 aromatic heterocycles. The Balaban J connectivity index is 1.99. The number of nitrogens with one attached hydrogen (secondary N) is 1. The van der Waals surface area contributed by atoms with Gasteiger partial charge >= 0.3 is 0 Å². The fourth-order valence-corrected chi connectivity index (χ4v) is 5.02. The minimum atomic E-state index is -0.735. The molecule has 0 spiro atoms. The van der Waals surface area contributed by atoms with Crippen molar-refractivity contribution in [3.8, 4) is 11.3 Å². The Morgan fingerprint density at radius 1 is 1.33 bits per heavy atom. The van der Waals surface area contributed by atoms with E-state index in [9.17, 15) is 9.59 Å². The zero-order valence-corrected chi connectivity index (χ0v) is 20.5. The topological polar surface area (TPSA) is 124 Å². The zero-order valence-electron chi connectivity index (χ0n) is 15.9. The number of rotatable bonds is 8. The van der Waals surface area contributed by atoms with Crippen LogP contribution in [0, 0.1) is 0 Å². The fraction of sp³-hybridized carbons (Fsp3) is 0.263. The number of hydrogen-bond acceptors (Lipinski definition) is 7. The summed E-state index contributed by atoms with van der Waals surface area (Å²) in [5.41, 5.74) is 13.7. The first kappa shape index (κ1) is 23.0. The molecule has 1 aromatic carbocycles. The number of hydrogen-bond donors (Lipinski definition) is 3. The maximum absolute atomic E-state index is 12.8. The van der Waals surface area contributed by atoms with Crippen LogP contribution in [0.4, 0.5) is 5.95 Å². The highest BCUT2D eigenvalue weighted by Gasteiger charge is 2.22. The molecule has 0 fully saturated rings. The number of nitrogen functional groups attached to an aromatic ring is 1. The molecule has 0 aliphatic carbocycles. The Hall–Kier alpha value is -1.63. The third-order valence-corrected chi connectivity index (χ3v) is 7.20. The summed E-state index contributed by atoms with van der Waals surface area (Å²) in [6.45, 7) is 0. The number of nitrogens with two attached hydrogens (primary N) is 2. The molecule has 11 heteroatoms. The Morgan fingerprint density at radius 3 is 2.73 bits per heavy atom. The summed E-state index contributed by atoms with van der Waals surface area (Å²) in [7, 11) is 0. The van der Waals surface area contributed by atoms with Gasteiger partial charge in [-0.2, -0.15) is 11.8 Å². The van der Waals surface area contributed by atoms with Crippen molar-refractivity contribution in [2.24, 2.45) is 5.73 Å². The minimum Gasteiger partial charge on any atom is -0.368 e. The molecular formula is C19H19ClIN5O2S2. The van der Waals surface area contributed by atoms with Gasteiger partial charge in [0.15, 0.2) is 0 Å². The van der Waals surface area contributed by atoms with Gasteiger partial charge in [0.1, 0.15) is 10.9 Å². The van der Waals surface area contributed by atoms with E-state index in [0.717, 1.165) is 9.99 Å². The van der Waals surface area contributed by atoms with Gasteiger partial charge in [-0.3, -0.25) is 9.59 Å². The lowest BCUT2D eigenvalue weighted by atomic mass is 10.1. The van der Waals surface area contributed by atoms with Crippen molar-refractivity contribution >= 4 is 85.3 Å². The average molecular weight is 576 g/mol. The van der Waals surface area contributed by atoms with Crippen molar-refractivity contribution in [2.45, 2.75) is 16.9 Å². The van der Waals surface area contributed by atoms with E-state index in [4.69, 9.17) is 23.1 Å². The summed E-state index contributed by atoms with van der Waals surface area (Å²) in [5, 5.41) is 3.92. The highest BCUT2D eigenvalue weighted by molar-refractivity contribution is 14.1. The fourth-order valence-electron chi connectivity index (χ4n) is 2.84. The second kappa shape index (κ2) is 10.1. The minimum absolute atomic E-state index is 0.0929. The van der Waals surface area contributed by atoms with E-state index in [-0.39, 0.29) is 5.95 Å². The van der Waals surface area contributed by atoms with Gasteiger partial charge in [-0.15, -0.1) is 11.3 Å². The number of thiophene rings is 1. The molecular weight excluding hydrogens is 557 g/mol. The lowest BCUT2D eigenvalue weighted by Gasteiger charge is -2.13. The molecule has 0 radical (unpaired) electrons. The number of fused-ring (bicyclic) bond motifs is 1. The van der Waals surface area contributed by atoms with Gasteiger partial charge in [0.25, 0.3) is 5.91 Å². The molecule has 3 rings (SSSR count). The van der Waals surface area contributed by atoms with Gasteiger partial charge in [-0.1, -0.05) is 46.3 Å². The van der Waals surface area contributed by atoms with Crippen molar-refractivity contribution in [1.82, 2.24) is 15.3 Å². The molecule has 0 aliphatic rings. The summed E-state index contributed by atoms with van der Waals surface area (Å²) in [4.78, 5) is 34.0. The van der Waals surface area contributed by atoms with Crippen molar-refractivity contribution in [2.75, 3.05) is 17.7 Å². The maximum Gasteiger partial charge on any atom is 0.262 e. The van der Waals surface area contributed by atoms with Crippen LogP contribution >= 0.6 is 57.3 Å². The van der Waals surface area contributed by atoms with Gasteiger partial charge in [0, 0.05) is 15.4 Å². The van der Waals surface area contributed by atoms with Crippen molar-refractivity contribution in [1.29, 1.82) is 0 Å². The first-order chi connectivity index (χ1) is 14.3. The Labute approximate surface area is 200 Å². The molecule has 0 bridgehead atoms. The van der Waals surface area contributed by atoms with E-state index in [1.54, 1.807) is 17.8 Å². The number of carbonyl (C=O) groups excluding carboxylic acids is 2. The summed E-state index contributed by atoms with van der Waals surface area (Å²) in [6, 6.07) is 6.71. The maximum atomic E-state index is 12.8. The van der Waals surface area contributed by atoms with Gasteiger partial charge in [-0.05, 0) is 36.1 Å². The molecule has 2 heterocycles. The molecule has 3 aromatic rings. The molecule has 158 valence electrons. The first-order valence-electron chi connectivity index (χ1n) is 8.85. The van der Waals surface area contributed by atoms with Crippen molar-refractivity contribution < 1.29 is 9.59 Å². The predicted octanol–water partition coefficient (Wildman–Crippen LogP) is 3.87. The van der Waals surface area contributed by atoms with Crippen LogP contribution in [0.2, 0.25) is 5.02 Å². The number of primary amides is 1. The second-order valence-electron chi connectivity index (χ2n) is 6.42. The van der Waals surface area contributed by atoms with Crippen LogP contribution in [-0.4, -0.2) is 39.8 Å². The van der Waals surface area contributed by atoms with Crippen molar-refractivity contribution in [3.05, 3.63) is 39.7 Å². The number of halogens is 2. The summed E-state index contributed by atoms with van der Waals surface area (Å²) in [6.07, 6.45) is 2.39. The highest BCUT2D eigenvalue weighted by atomic mass is 127. The van der Waals surface area contributed by atoms with E-state index in [1.165, 1.54) is 11.3 Å². The van der Waals surface area contributed by atoms with Gasteiger partial charge in [-0.25, -0.2) is 9.97 Å². The quantitative estimate of drug-likeness (QED) is 0.277. The molecule has 0 aliphatic heterocycles. The van der Waals surface area contributed by atoms with Crippen molar-refractivity contribution in [3.63, 3.8) is 0 Å². The highest BCUT2D eigenvalue weighted by Crippen LogP contribution is 2.36. The Morgan fingerprint density at radius 2 is 2.10 bits per heavy atom. The largest absolute Gasteiger partial charge is 0.368 e. The molecule has 0 saturated carbocycles. The molecule has 7 nitrogen and oxygen atoms in total. The van der Waals surface area contributed by atoms with E-state index in [0.29, 0.717) is 43.5 Å². The lowest BCUT2D eigenvalue weighted by Crippen LogP contribution is -2.44. The van der Waals surface area contributed by atoms with Crippen LogP contribution in [0.15, 0.2) is 24.3 Å². The lowest BCUT2D eigenvalue weighted by molar-refractivity contribution is -0.119. The third kappa shape index (κ3) is 5.16. The third-order valence-electron chi connectivity index (χ3n) is 4.34. The smallest absolute Gasteiger partial charge is 0.262 e. The first-order valence-corrected chi connectivity index (χ1v) is 13.0. The van der Waals surface area contributed by atoms with E-state index in [2.05, 4.69) is 37.9 Å². The number of aromatic nitrogens is 2. The average Bonchev–Trinajstić information content (AvgIpc) is 3.14. The number of anilines is 1. The summed E-state index contributed by atoms with van der Waals surface area (Å²) >= 11 is 11.5. The monoisotopic (exact) mass is 575 g/mol. The number of benzene rings is 1. The van der Waals surface area contributed by atoms with E-state index < -0.39 is 17.9 Å². The van der Waals surface area contributed by atoms with E-state index >= 15 is 0 Å². The molecule has 30 heavy (non-hydrogen) atoms. The van der Waals surface area contributed by atoms with Crippen LogP contribution in [0.5, 0.6) is 0 Å². The second-order valence-corrected chi connectivity index (χ2v) is 9.60. The van der Waals surface area contributed by atoms with Crippen LogP contribution < -0.4 is 16.8 Å². The van der Waals surface area contributed by atoms with Crippen LogP contribution in [0.1, 0.15) is 21.7 Å². The zero-order chi connectivity index (χ0) is 21.8. The normalized spacial score (nSPS) is 12.1. The van der Waals surface area contributed by atoms with Crippen LogP contribution in [0.3, 0.4) is 0 Å². The summed E-state index contributed by atoms with van der Waals surface area (Å²) in [5.74, 6) is -0.155. The SMILES string of the molecule is CSCCC(NC(=O)c1cc2c(-c3ccc(CI)cc3Cl)nc(N)nc2s1)C(N)=O. The molecule has 2 amide bonds. The predicted molar refractivity (Wildman–Crippen MR) is 133 cm³/mol. The Kier molecular flexibility index (Phi) is 7.77. The van der Waals surface area contributed by atoms with Gasteiger partial charge < -0.3 is 16.8 Å². The number of alkyl halides is 1. The molecule has 5 N–H and O–H groups in total. The van der Waals surface area contributed by atoms with Gasteiger partial charge in [0.05, 0.1) is 15.6 Å². The van der Waals surface area contributed by atoms with Gasteiger partial charge in [0.2, 0.25) is 11.9 Å². The Bertz CT molecular complexity index is 1110. The number of thioether (sulfide) groups is 1. The number of carbonyl (C=O) groups is 2. The van der Waals surface area contributed by atoms with Crippen LogP contribution in [0.25, 0.3) is 21.5 Å². The number of amides is 2. The molecule has 1 atom stereocenters. The molecule has 0 saturated heterocycles. The molecule has 1 unspecified atom stereocenters. The summed E-state index contributed by atoms with van der Waals surface area (Å²) < 4.78 is 0.833.